The Labute approximate surface area is 176 Å². The predicted molar refractivity (Wildman–Crippen MR) is 122 cm³/mol. The van der Waals surface area contributed by atoms with Gasteiger partial charge in [-0.2, -0.15) is 5.10 Å². The van der Waals surface area contributed by atoms with Gasteiger partial charge in [0.1, 0.15) is 0 Å². The minimum Gasteiger partial charge on any atom is -0.339 e. The first-order valence-electron chi connectivity index (χ1n) is 10.3. The second-order valence-corrected chi connectivity index (χ2v) is 8.03. The van der Waals surface area contributed by atoms with Crippen LogP contribution in [-0.2, 0) is 13.5 Å². The number of aromatic amines is 1. The number of hydrogen-bond donors (Lipinski definition) is 2. The SMILES string of the molecule is CCc1cc2c(cn1)cc(-c1cc(Nc3cc(C(C)C)[nH]n3)ccc1C)c(=O)n2C. The molecule has 0 saturated carbocycles. The molecule has 0 amide bonds. The highest BCUT2D eigenvalue weighted by atomic mass is 16.1. The molecule has 154 valence electrons. The van der Waals surface area contributed by atoms with Crippen molar-refractivity contribution in [2.24, 2.45) is 7.05 Å². The van der Waals surface area contributed by atoms with Gasteiger partial charge < -0.3 is 9.88 Å². The van der Waals surface area contributed by atoms with Gasteiger partial charge >= 0.3 is 0 Å². The van der Waals surface area contributed by atoms with Gasteiger partial charge in [0.05, 0.1) is 5.52 Å². The predicted octanol–water partition coefficient (Wildman–Crippen LogP) is 5.06. The summed E-state index contributed by atoms with van der Waals surface area (Å²) in [5.41, 5.74) is 6.44. The Morgan fingerprint density at radius 1 is 1.13 bits per heavy atom. The van der Waals surface area contributed by atoms with Crippen LogP contribution in [0.5, 0.6) is 0 Å². The second kappa shape index (κ2) is 7.78. The number of nitrogens with one attached hydrogen (secondary N) is 2. The molecule has 6 heteroatoms. The van der Waals surface area contributed by atoms with Crippen LogP contribution in [0, 0.1) is 6.92 Å². The van der Waals surface area contributed by atoms with E-state index in [1.807, 2.05) is 56.6 Å². The van der Waals surface area contributed by atoms with E-state index >= 15 is 0 Å². The summed E-state index contributed by atoms with van der Waals surface area (Å²) in [5.74, 6) is 1.14. The molecule has 30 heavy (non-hydrogen) atoms. The zero-order valence-corrected chi connectivity index (χ0v) is 18.1. The van der Waals surface area contributed by atoms with Crippen LogP contribution < -0.4 is 10.9 Å². The van der Waals surface area contributed by atoms with Gasteiger partial charge in [-0.3, -0.25) is 14.9 Å². The van der Waals surface area contributed by atoms with E-state index in [0.717, 1.165) is 51.3 Å². The first kappa shape index (κ1) is 19.9. The molecule has 0 aliphatic carbocycles. The van der Waals surface area contributed by atoms with Crippen LogP contribution in [0.2, 0.25) is 0 Å². The molecular formula is C24H27N5O. The number of aryl methyl sites for hydroxylation is 3. The molecule has 4 aromatic rings. The van der Waals surface area contributed by atoms with E-state index < -0.39 is 0 Å². The Kier molecular flexibility index (Phi) is 5.16. The number of anilines is 2. The molecule has 3 heterocycles. The molecule has 0 bridgehead atoms. The van der Waals surface area contributed by atoms with Crippen molar-refractivity contribution in [1.82, 2.24) is 19.7 Å². The third-order valence-corrected chi connectivity index (χ3v) is 5.55. The Balaban J connectivity index is 1.78. The second-order valence-electron chi connectivity index (χ2n) is 8.03. The van der Waals surface area contributed by atoms with E-state index in [-0.39, 0.29) is 5.56 Å². The van der Waals surface area contributed by atoms with Crippen molar-refractivity contribution in [3.63, 3.8) is 0 Å². The number of pyridine rings is 2. The number of hydrogen-bond acceptors (Lipinski definition) is 4. The van der Waals surface area contributed by atoms with Crippen LogP contribution in [-0.4, -0.2) is 19.7 Å². The van der Waals surface area contributed by atoms with Crippen LogP contribution in [0.4, 0.5) is 11.5 Å². The Bertz CT molecular complexity index is 1280. The molecular weight excluding hydrogens is 374 g/mol. The lowest BCUT2D eigenvalue weighted by atomic mass is 9.99. The van der Waals surface area contributed by atoms with Crippen LogP contribution in [0.1, 0.15) is 43.6 Å². The van der Waals surface area contributed by atoms with Crippen molar-refractivity contribution in [3.8, 4) is 11.1 Å². The maximum absolute atomic E-state index is 13.2. The van der Waals surface area contributed by atoms with Crippen molar-refractivity contribution >= 4 is 22.4 Å². The lowest BCUT2D eigenvalue weighted by Crippen LogP contribution is -2.19. The molecule has 3 aromatic heterocycles. The smallest absolute Gasteiger partial charge is 0.258 e. The summed E-state index contributed by atoms with van der Waals surface area (Å²) >= 11 is 0. The van der Waals surface area contributed by atoms with E-state index in [9.17, 15) is 4.79 Å². The summed E-state index contributed by atoms with van der Waals surface area (Å²) in [6, 6.07) is 12.0. The van der Waals surface area contributed by atoms with E-state index in [1.165, 1.54) is 0 Å². The van der Waals surface area contributed by atoms with Crippen LogP contribution in [0.15, 0.2) is 47.4 Å². The molecule has 0 radical (unpaired) electrons. The number of rotatable bonds is 5. The zero-order valence-electron chi connectivity index (χ0n) is 18.1. The Morgan fingerprint density at radius 2 is 1.93 bits per heavy atom. The molecule has 1 aromatic carbocycles. The van der Waals surface area contributed by atoms with Crippen LogP contribution >= 0.6 is 0 Å². The zero-order chi connectivity index (χ0) is 21.4. The fourth-order valence-corrected chi connectivity index (χ4v) is 3.63. The van der Waals surface area contributed by atoms with E-state index in [1.54, 1.807) is 4.57 Å². The van der Waals surface area contributed by atoms with Gasteiger partial charge in [-0.15, -0.1) is 0 Å². The van der Waals surface area contributed by atoms with Gasteiger partial charge in [-0.25, -0.2) is 0 Å². The molecule has 6 nitrogen and oxygen atoms in total. The molecule has 0 unspecified atom stereocenters. The highest BCUT2D eigenvalue weighted by molar-refractivity contribution is 5.85. The Morgan fingerprint density at radius 3 is 2.63 bits per heavy atom. The molecule has 0 spiro atoms. The number of aromatic nitrogens is 4. The summed E-state index contributed by atoms with van der Waals surface area (Å²) in [4.78, 5) is 17.7. The fraction of sp³-hybridized carbons (Fsp3) is 0.292. The van der Waals surface area contributed by atoms with Crippen LogP contribution in [0.3, 0.4) is 0 Å². The molecule has 0 aliphatic rings. The molecule has 0 atom stereocenters. The standard InChI is InChI=1S/C24H27N5O/c1-6-17-11-22-16(13-25-17)9-20(24(30)29(22)5)19-10-18(8-7-15(19)4)26-23-12-21(14(2)3)27-28-23/h7-14H,6H2,1-5H3,(H2,26,27,28). The first-order valence-corrected chi connectivity index (χ1v) is 10.3. The summed E-state index contributed by atoms with van der Waals surface area (Å²) < 4.78 is 1.72. The van der Waals surface area contributed by atoms with E-state index in [2.05, 4.69) is 41.3 Å². The Hall–Kier alpha value is -3.41. The largest absolute Gasteiger partial charge is 0.339 e. The maximum atomic E-state index is 13.2. The number of benzene rings is 1. The summed E-state index contributed by atoms with van der Waals surface area (Å²) in [6.07, 6.45) is 2.69. The van der Waals surface area contributed by atoms with Crippen molar-refractivity contribution in [3.05, 3.63) is 69.9 Å². The number of H-pyrrole nitrogens is 1. The summed E-state index contributed by atoms with van der Waals surface area (Å²) in [7, 11) is 1.82. The van der Waals surface area contributed by atoms with E-state index in [0.29, 0.717) is 11.5 Å². The van der Waals surface area contributed by atoms with Crippen molar-refractivity contribution < 1.29 is 0 Å². The first-order chi connectivity index (χ1) is 14.4. The average molecular weight is 402 g/mol. The molecule has 2 N–H and O–H groups in total. The highest BCUT2D eigenvalue weighted by Crippen LogP contribution is 2.28. The third kappa shape index (κ3) is 3.61. The minimum absolute atomic E-state index is 0.0159. The molecule has 0 fully saturated rings. The lowest BCUT2D eigenvalue weighted by molar-refractivity contribution is 0.811. The number of nitrogens with zero attached hydrogens (tertiary/aromatic N) is 3. The monoisotopic (exact) mass is 401 g/mol. The normalized spacial score (nSPS) is 11.4. The molecule has 4 rings (SSSR count). The lowest BCUT2D eigenvalue weighted by Gasteiger charge is -2.13. The van der Waals surface area contributed by atoms with Gasteiger partial charge in [0.15, 0.2) is 5.82 Å². The van der Waals surface area contributed by atoms with Gasteiger partial charge in [0.2, 0.25) is 0 Å². The minimum atomic E-state index is -0.0159. The van der Waals surface area contributed by atoms with Crippen molar-refractivity contribution in [2.75, 3.05) is 5.32 Å². The fourth-order valence-electron chi connectivity index (χ4n) is 3.63. The van der Waals surface area contributed by atoms with Gasteiger partial charge in [-0.1, -0.05) is 26.8 Å². The highest BCUT2D eigenvalue weighted by Gasteiger charge is 2.13. The van der Waals surface area contributed by atoms with Crippen molar-refractivity contribution in [1.29, 1.82) is 0 Å². The summed E-state index contributed by atoms with van der Waals surface area (Å²) in [5, 5.41) is 11.7. The topological polar surface area (TPSA) is 75.6 Å². The number of fused-ring (bicyclic) bond motifs is 1. The van der Waals surface area contributed by atoms with Gasteiger partial charge in [0, 0.05) is 47.3 Å². The average Bonchev–Trinajstić information content (AvgIpc) is 3.21. The van der Waals surface area contributed by atoms with Gasteiger partial charge in [-0.05, 0) is 54.7 Å². The maximum Gasteiger partial charge on any atom is 0.258 e. The van der Waals surface area contributed by atoms with Gasteiger partial charge in [0.25, 0.3) is 5.56 Å². The van der Waals surface area contributed by atoms with Crippen LogP contribution in [0.25, 0.3) is 22.0 Å². The third-order valence-electron chi connectivity index (χ3n) is 5.55. The molecule has 0 aliphatic heterocycles. The summed E-state index contributed by atoms with van der Waals surface area (Å²) in [6.45, 7) is 8.32. The van der Waals surface area contributed by atoms with E-state index in [4.69, 9.17) is 0 Å². The van der Waals surface area contributed by atoms with Crippen molar-refractivity contribution in [2.45, 2.75) is 40.0 Å². The quantitative estimate of drug-likeness (QED) is 0.490. The molecule has 0 saturated heterocycles.